The number of hydrogen-bond acceptors (Lipinski definition) is 3. The number of rotatable bonds is 2. The fraction of sp³-hybridized carbons (Fsp3) is 0.308. The molecule has 0 spiro atoms. The summed E-state index contributed by atoms with van der Waals surface area (Å²) in [6.07, 6.45) is 0. The summed E-state index contributed by atoms with van der Waals surface area (Å²) in [6, 6.07) is 6.61. The average Bonchev–Trinajstić information content (AvgIpc) is 2.65. The van der Waals surface area contributed by atoms with Crippen LogP contribution in [0.1, 0.15) is 30.9 Å². The maximum atomic E-state index is 4.42. The zero-order valence-electron chi connectivity index (χ0n) is 9.69. The number of aryl methyl sites for hydroxylation is 1. The van der Waals surface area contributed by atoms with Gasteiger partial charge in [-0.3, -0.25) is 0 Å². The van der Waals surface area contributed by atoms with Crippen molar-refractivity contribution in [1.82, 2.24) is 4.98 Å². The number of hydrogen-bond donors (Lipinski definition) is 1. The number of thiol groups is 1. The van der Waals surface area contributed by atoms with E-state index in [9.17, 15) is 0 Å². The number of aromatic nitrogens is 1. The summed E-state index contributed by atoms with van der Waals surface area (Å²) in [7, 11) is 0. The van der Waals surface area contributed by atoms with Gasteiger partial charge in [-0.1, -0.05) is 26.0 Å². The molecule has 0 bridgehead atoms. The highest BCUT2D eigenvalue weighted by Crippen LogP contribution is 2.30. The first-order valence-electron chi connectivity index (χ1n) is 5.33. The van der Waals surface area contributed by atoms with E-state index in [1.54, 1.807) is 11.3 Å². The van der Waals surface area contributed by atoms with Crippen LogP contribution in [0.5, 0.6) is 0 Å². The lowest BCUT2D eigenvalue weighted by molar-refractivity contribution is 0.866. The molecule has 0 amide bonds. The lowest BCUT2D eigenvalue weighted by Crippen LogP contribution is -1.90. The third-order valence-electron chi connectivity index (χ3n) is 2.65. The van der Waals surface area contributed by atoms with Crippen LogP contribution in [0.4, 0.5) is 0 Å². The highest BCUT2D eigenvalue weighted by molar-refractivity contribution is 7.80. The predicted octanol–water partition coefficient (Wildman–Crippen LogP) is 4.53. The summed E-state index contributed by atoms with van der Waals surface area (Å²) in [5, 5.41) is 3.83. The van der Waals surface area contributed by atoms with Crippen molar-refractivity contribution >= 4 is 24.0 Å². The Morgan fingerprint density at radius 3 is 2.62 bits per heavy atom. The molecular weight excluding hydrogens is 234 g/mol. The number of nitrogens with zero attached hydrogens (tertiary/aromatic N) is 1. The molecule has 16 heavy (non-hydrogen) atoms. The molecule has 0 unspecified atom stereocenters. The van der Waals surface area contributed by atoms with Crippen molar-refractivity contribution in [2.24, 2.45) is 0 Å². The highest BCUT2D eigenvalue weighted by atomic mass is 32.1. The highest BCUT2D eigenvalue weighted by Gasteiger charge is 2.08. The summed E-state index contributed by atoms with van der Waals surface area (Å²) in [4.78, 5) is 4.42. The lowest BCUT2D eigenvalue weighted by atomic mass is 9.98. The zero-order chi connectivity index (χ0) is 11.7. The Labute approximate surface area is 106 Å². The molecule has 1 aromatic carbocycles. The van der Waals surface area contributed by atoms with Crippen LogP contribution in [0, 0.1) is 6.92 Å². The van der Waals surface area contributed by atoms with Gasteiger partial charge in [0.15, 0.2) is 0 Å². The smallest absolute Gasteiger partial charge is 0.124 e. The Morgan fingerprint density at radius 1 is 1.31 bits per heavy atom. The topological polar surface area (TPSA) is 12.9 Å². The van der Waals surface area contributed by atoms with Gasteiger partial charge in [-0.05, 0) is 30.0 Å². The molecule has 3 heteroatoms. The minimum absolute atomic E-state index is 0.551. The zero-order valence-corrected chi connectivity index (χ0v) is 11.4. The molecular formula is C13H15NS2. The van der Waals surface area contributed by atoms with E-state index in [0.717, 1.165) is 10.0 Å². The van der Waals surface area contributed by atoms with Gasteiger partial charge in [-0.25, -0.2) is 4.98 Å². The van der Waals surface area contributed by atoms with E-state index in [-0.39, 0.29) is 0 Å². The van der Waals surface area contributed by atoms with Crippen molar-refractivity contribution in [2.75, 3.05) is 0 Å². The van der Waals surface area contributed by atoms with Crippen LogP contribution in [-0.2, 0) is 0 Å². The van der Waals surface area contributed by atoms with Crippen molar-refractivity contribution < 1.29 is 0 Å². The third kappa shape index (κ3) is 2.30. The first-order chi connectivity index (χ1) is 7.58. The Balaban J connectivity index is 2.51. The molecule has 84 valence electrons. The Morgan fingerprint density at radius 2 is 2.06 bits per heavy atom. The monoisotopic (exact) mass is 249 g/mol. The van der Waals surface area contributed by atoms with Crippen molar-refractivity contribution in [2.45, 2.75) is 31.7 Å². The Bertz CT molecular complexity index is 500. The van der Waals surface area contributed by atoms with E-state index in [1.165, 1.54) is 16.7 Å². The van der Waals surface area contributed by atoms with Crippen molar-refractivity contribution in [1.29, 1.82) is 0 Å². The molecule has 2 aromatic rings. The molecule has 0 saturated heterocycles. The molecule has 0 saturated carbocycles. The first kappa shape index (κ1) is 11.7. The quantitative estimate of drug-likeness (QED) is 0.771. The van der Waals surface area contributed by atoms with Crippen LogP contribution in [0.3, 0.4) is 0 Å². The van der Waals surface area contributed by atoms with Crippen molar-refractivity contribution in [3.05, 3.63) is 34.7 Å². The van der Waals surface area contributed by atoms with Gasteiger partial charge in [0, 0.05) is 10.9 Å². The van der Waals surface area contributed by atoms with Crippen molar-refractivity contribution in [3.8, 4) is 10.6 Å². The summed E-state index contributed by atoms with van der Waals surface area (Å²) in [5.74, 6) is 0.551. The standard InChI is InChI=1S/C13H15NS2/c1-8(2)10-5-4-9(3)11(6-10)13-14-12(15)7-16-13/h4-8,15H,1-3H3. The van der Waals surface area contributed by atoms with Gasteiger partial charge in [0.1, 0.15) is 10.0 Å². The van der Waals surface area contributed by atoms with E-state index in [0.29, 0.717) is 5.92 Å². The molecule has 2 rings (SSSR count). The average molecular weight is 249 g/mol. The van der Waals surface area contributed by atoms with Gasteiger partial charge >= 0.3 is 0 Å². The van der Waals surface area contributed by atoms with E-state index in [2.05, 4.69) is 56.6 Å². The molecule has 1 aromatic heterocycles. The molecule has 0 N–H and O–H groups in total. The van der Waals surface area contributed by atoms with Gasteiger partial charge in [0.25, 0.3) is 0 Å². The van der Waals surface area contributed by atoms with Gasteiger partial charge in [0.05, 0.1) is 0 Å². The molecule has 0 fully saturated rings. The van der Waals surface area contributed by atoms with E-state index in [1.807, 2.05) is 5.38 Å². The van der Waals surface area contributed by atoms with Crippen LogP contribution in [-0.4, -0.2) is 4.98 Å². The predicted molar refractivity (Wildman–Crippen MR) is 73.6 cm³/mol. The SMILES string of the molecule is Cc1ccc(C(C)C)cc1-c1nc(S)cs1. The molecule has 0 aliphatic heterocycles. The molecule has 0 atom stereocenters. The largest absolute Gasteiger partial charge is 0.230 e. The fourth-order valence-electron chi connectivity index (χ4n) is 1.62. The minimum Gasteiger partial charge on any atom is -0.230 e. The fourth-order valence-corrected chi connectivity index (χ4v) is 2.71. The second-order valence-corrected chi connectivity index (χ2v) is 5.56. The van der Waals surface area contributed by atoms with Gasteiger partial charge < -0.3 is 0 Å². The maximum Gasteiger partial charge on any atom is 0.124 e. The second kappa shape index (κ2) is 4.60. The summed E-state index contributed by atoms with van der Waals surface area (Å²) in [6.45, 7) is 6.54. The van der Waals surface area contributed by atoms with Gasteiger partial charge in [-0.2, -0.15) is 0 Å². The Kier molecular flexibility index (Phi) is 3.36. The summed E-state index contributed by atoms with van der Waals surface area (Å²) in [5.41, 5.74) is 3.86. The van der Waals surface area contributed by atoms with E-state index in [4.69, 9.17) is 0 Å². The number of benzene rings is 1. The van der Waals surface area contributed by atoms with Gasteiger partial charge in [0.2, 0.25) is 0 Å². The van der Waals surface area contributed by atoms with Gasteiger partial charge in [-0.15, -0.1) is 24.0 Å². The molecule has 1 heterocycles. The maximum absolute atomic E-state index is 4.42. The van der Waals surface area contributed by atoms with Crippen LogP contribution in [0.25, 0.3) is 10.6 Å². The van der Waals surface area contributed by atoms with Crippen molar-refractivity contribution in [3.63, 3.8) is 0 Å². The van der Waals surface area contributed by atoms with Crippen LogP contribution < -0.4 is 0 Å². The molecule has 0 radical (unpaired) electrons. The number of thiazole rings is 1. The normalized spacial score (nSPS) is 11.1. The van der Waals surface area contributed by atoms with E-state index < -0.39 is 0 Å². The molecule has 0 aliphatic rings. The van der Waals surface area contributed by atoms with Crippen LogP contribution >= 0.6 is 24.0 Å². The lowest BCUT2D eigenvalue weighted by Gasteiger charge is -2.09. The van der Waals surface area contributed by atoms with E-state index >= 15 is 0 Å². The Hall–Kier alpha value is -0.800. The minimum atomic E-state index is 0.551. The summed E-state index contributed by atoms with van der Waals surface area (Å²) < 4.78 is 0. The summed E-state index contributed by atoms with van der Waals surface area (Å²) >= 11 is 5.91. The van der Waals surface area contributed by atoms with Crippen LogP contribution in [0.15, 0.2) is 28.6 Å². The second-order valence-electron chi connectivity index (χ2n) is 4.24. The molecule has 1 nitrogen and oxygen atoms in total. The molecule has 0 aliphatic carbocycles. The first-order valence-corrected chi connectivity index (χ1v) is 6.66. The third-order valence-corrected chi connectivity index (χ3v) is 3.93. The van der Waals surface area contributed by atoms with Crippen LogP contribution in [0.2, 0.25) is 0 Å².